The molecule has 0 atom stereocenters. The molecule has 110 valence electrons. The first-order valence-electron chi connectivity index (χ1n) is 6.31. The van der Waals surface area contributed by atoms with Gasteiger partial charge < -0.3 is 4.74 Å². The van der Waals surface area contributed by atoms with Crippen molar-refractivity contribution in [1.82, 2.24) is 0 Å². The summed E-state index contributed by atoms with van der Waals surface area (Å²) in [5, 5.41) is 0. The topological polar surface area (TPSA) is 77.5 Å². The summed E-state index contributed by atoms with van der Waals surface area (Å²) in [6.07, 6.45) is -0.00505. The van der Waals surface area contributed by atoms with Crippen molar-refractivity contribution in [3.63, 3.8) is 0 Å². The van der Waals surface area contributed by atoms with E-state index in [1.54, 1.807) is 20.8 Å². The standard InChI is InChI=1S/C14H18O5S/c1-4-13(15)11-5-7-12(8-6-11)20(17,18)9-14(16)19-10(2)3/h5-8,10H,4,9H2,1-3H3. The van der Waals surface area contributed by atoms with Crippen LogP contribution in [-0.2, 0) is 19.4 Å². The van der Waals surface area contributed by atoms with Crippen molar-refractivity contribution in [1.29, 1.82) is 0 Å². The number of ether oxygens (including phenoxy) is 1. The third-order valence-electron chi connectivity index (χ3n) is 2.53. The first-order chi connectivity index (χ1) is 9.26. The Morgan fingerprint density at radius 3 is 2.15 bits per heavy atom. The van der Waals surface area contributed by atoms with Crippen LogP contribution in [0.1, 0.15) is 37.6 Å². The number of carbonyl (C=O) groups is 2. The normalized spacial score (nSPS) is 11.4. The lowest BCUT2D eigenvalue weighted by Gasteiger charge is -2.08. The van der Waals surface area contributed by atoms with Crippen LogP contribution in [-0.4, -0.2) is 32.0 Å². The Morgan fingerprint density at radius 1 is 1.15 bits per heavy atom. The molecule has 0 spiro atoms. The number of hydrogen-bond acceptors (Lipinski definition) is 5. The number of carbonyl (C=O) groups excluding carboxylic acids is 2. The van der Waals surface area contributed by atoms with Crippen molar-refractivity contribution in [3.8, 4) is 0 Å². The zero-order valence-corrected chi connectivity index (χ0v) is 12.6. The summed E-state index contributed by atoms with van der Waals surface area (Å²) in [4.78, 5) is 22.9. The van der Waals surface area contributed by atoms with Gasteiger partial charge in [0, 0.05) is 12.0 Å². The van der Waals surface area contributed by atoms with Crippen LogP contribution >= 0.6 is 0 Å². The third-order valence-corrected chi connectivity index (χ3v) is 4.14. The van der Waals surface area contributed by atoms with E-state index in [0.717, 1.165) is 0 Å². The van der Waals surface area contributed by atoms with Gasteiger partial charge in [-0.25, -0.2) is 8.42 Å². The van der Waals surface area contributed by atoms with E-state index in [1.165, 1.54) is 24.3 Å². The molecule has 1 aromatic carbocycles. The maximum atomic E-state index is 12.0. The molecule has 6 heteroatoms. The van der Waals surface area contributed by atoms with Gasteiger partial charge in [0.2, 0.25) is 0 Å². The second-order valence-electron chi connectivity index (χ2n) is 4.60. The summed E-state index contributed by atoms with van der Waals surface area (Å²) in [5.41, 5.74) is 0.455. The van der Waals surface area contributed by atoms with Gasteiger partial charge in [-0.05, 0) is 26.0 Å². The van der Waals surface area contributed by atoms with E-state index in [9.17, 15) is 18.0 Å². The molecule has 0 heterocycles. The molecule has 0 amide bonds. The molecule has 0 aliphatic heterocycles. The summed E-state index contributed by atoms with van der Waals surface area (Å²) in [7, 11) is -3.74. The lowest BCUT2D eigenvalue weighted by Crippen LogP contribution is -2.21. The van der Waals surface area contributed by atoms with Gasteiger partial charge in [-0.2, -0.15) is 0 Å². The second kappa shape index (κ2) is 6.65. The van der Waals surface area contributed by atoms with Crippen molar-refractivity contribution in [2.75, 3.05) is 5.75 Å². The lowest BCUT2D eigenvalue weighted by molar-refractivity contribution is -0.144. The van der Waals surface area contributed by atoms with E-state index < -0.39 is 21.6 Å². The molecule has 0 radical (unpaired) electrons. The van der Waals surface area contributed by atoms with Gasteiger partial charge in [-0.3, -0.25) is 9.59 Å². The first-order valence-corrected chi connectivity index (χ1v) is 7.97. The van der Waals surface area contributed by atoms with Gasteiger partial charge in [0.25, 0.3) is 0 Å². The Bertz CT molecular complexity index is 584. The smallest absolute Gasteiger partial charge is 0.321 e. The minimum absolute atomic E-state index is 0.00543. The van der Waals surface area contributed by atoms with E-state index in [2.05, 4.69) is 0 Å². The van der Waals surface area contributed by atoms with Crippen LogP contribution in [0.25, 0.3) is 0 Å². The Hall–Kier alpha value is -1.69. The lowest BCUT2D eigenvalue weighted by atomic mass is 10.1. The van der Waals surface area contributed by atoms with Crippen LogP contribution in [0.5, 0.6) is 0 Å². The average Bonchev–Trinajstić information content (AvgIpc) is 2.36. The Kier molecular flexibility index (Phi) is 5.44. The van der Waals surface area contributed by atoms with Crippen molar-refractivity contribution in [2.24, 2.45) is 0 Å². The average molecular weight is 298 g/mol. The Morgan fingerprint density at radius 2 is 1.70 bits per heavy atom. The summed E-state index contributed by atoms with van der Waals surface area (Å²) in [5.74, 6) is -1.55. The number of esters is 1. The summed E-state index contributed by atoms with van der Waals surface area (Å²) >= 11 is 0. The minimum atomic E-state index is -3.74. The highest BCUT2D eigenvalue weighted by Gasteiger charge is 2.21. The molecule has 5 nitrogen and oxygen atoms in total. The van der Waals surface area contributed by atoms with E-state index in [0.29, 0.717) is 12.0 Å². The number of sulfone groups is 1. The summed E-state index contributed by atoms with van der Waals surface area (Å²) < 4.78 is 28.8. The molecule has 0 aromatic heterocycles. The maximum Gasteiger partial charge on any atom is 0.321 e. The van der Waals surface area contributed by atoms with Crippen molar-refractivity contribution >= 4 is 21.6 Å². The molecular formula is C14H18O5S. The number of rotatable bonds is 6. The Balaban J connectivity index is 2.88. The van der Waals surface area contributed by atoms with Crippen molar-refractivity contribution in [2.45, 2.75) is 38.2 Å². The van der Waals surface area contributed by atoms with E-state index in [1.807, 2.05) is 0 Å². The molecule has 0 bridgehead atoms. The fourth-order valence-corrected chi connectivity index (χ4v) is 2.68. The van der Waals surface area contributed by atoms with Gasteiger partial charge >= 0.3 is 5.97 Å². The monoisotopic (exact) mass is 298 g/mol. The van der Waals surface area contributed by atoms with E-state index >= 15 is 0 Å². The number of benzene rings is 1. The van der Waals surface area contributed by atoms with Crippen molar-refractivity contribution in [3.05, 3.63) is 29.8 Å². The quantitative estimate of drug-likeness (QED) is 0.593. The number of ketones is 1. The molecule has 0 saturated heterocycles. The van der Waals surface area contributed by atoms with Gasteiger partial charge in [0.15, 0.2) is 21.4 Å². The zero-order chi connectivity index (χ0) is 15.3. The molecule has 0 aliphatic carbocycles. The SMILES string of the molecule is CCC(=O)c1ccc(S(=O)(=O)CC(=O)OC(C)C)cc1. The van der Waals surface area contributed by atoms with Crippen molar-refractivity contribution < 1.29 is 22.7 Å². The Labute approximate surface area is 118 Å². The predicted octanol–water partition coefficient (Wildman–Crippen LogP) is 2.00. The predicted molar refractivity (Wildman–Crippen MR) is 74.3 cm³/mol. The molecule has 0 fully saturated rings. The number of hydrogen-bond donors (Lipinski definition) is 0. The summed E-state index contributed by atoms with van der Waals surface area (Å²) in [6, 6.07) is 5.57. The highest BCUT2D eigenvalue weighted by molar-refractivity contribution is 7.92. The molecule has 20 heavy (non-hydrogen) atoms. The number of Topliss-reactive ketones (excluding diaryl/α,β-unsaturated/α-hetero) is 1. The largest absolute Gasteiger partial charge is 0.462 e. The molecule has 0 aliphatic rings. The van der Waals surface area contributed by atoms with E-state index in [4.69, 9.17) is 4.74 Å². The highest BCUT2D eigenvalue weighted by Crippen LogP contribution is 2.14. The van der Waals surface area contributed by atoms with Gasteiger partial charge in [0.05, 0.1) is 11.0 Å². The molecule has 0 saturated carbocycles. The second-order valence-corrected chi connectivity index (χ2v) is 6.59. The van der Waals surface area contributed by atoms with Gasteiger partial charge in [-0.1, -0.05) is 19.1 Å². The van der Waals surface area contributed by atoms with Crippen LogP contribution in [0.15, 0.2) is 29.2 Å². The highest BCUT2D eigenvalue weighted by atomic mass is 32.2. The molecule has 0 unspecified atom stereocenters. The van der Waals surface area contributed by atoms with Gasteiger partial charge in [-0.15, -0.1) is 0 Å². The van der Waals surface area contributed by atoms with Crippen LogP contribution in [0, 0.1) is 0 Å². The fourth-order valence-electron chi connectivity index (χ4n) is 1.59. The fraction of sp³-hybridized carbons (Fsp3) is 0.429. The molecule has 1 rings (SSSR count). The van der Waals surface area contributed by atoms with Gasteiger partial charge in [0.1, 0.15) is 0 Å². The van der Waals surface area contributed by atoms with Crippen LogP contribution in [0.4, 0.5) is 0 Å². The van der Waals surface area contributed by atoms with Crippen LogP contribution in [0.2, 0.25) is 0 Å². The van der Waals surface area contributed by atoms with Crippen LogP contribution < -0.4 is 0 Å². The zero-order valence-electron chi connectivity index (χ0n) is 11.8. The molecular weight excluding hydrogens is 280 g/mol. The third kappa shape index (κ3) is 4.45. The first kappa shape index (κ1) is 16.4. The van der Waals surface area contributed by atoms with Crippen LogP contribution in [0.3, 0.4) is 0 Å². The maximum absolute atomic E-state index is 12.0. The summed E-state index contributed by atoms with van der Waals surface area (Å²) in [6.45, 7) is 5.03. The molecule has 1 aromatic rings. The molecule has 0 N–H and O–H groups in total. The van der Waals surface area contributed by atoms with E-state index in [-0.39, 0.29) is 16.8 Å². The minimum Gasteiger partial charge on any atom is -0.462 e.